The van der Waals surface area contributed by atoms with Crippen molar-refractivity contribution in [3.8, 4) is 44.5 Å². The van der Waals surface area contributed by atoms with Gasteiger partial charge in [0.05, 0.1) is 5.69 Å². The molecule has 7 aromatic carbocycles. The molecule has 294 valence electrons. The molecule has 2 aliphatic carbocycles. The molecule has 60 heavy (non-hydrogen) atoms. The second-order valence-electron chi connectivity index (χ2n) is 16.7. The summed E-state index contributed by atoms with van der Waals surface area (Å²) in [5, 5.41) is 0. The molecule has 0 amide bonds. The largest absolute Gasteiger partial charge is 0.314 e. The van der Waals surface area contributed by atoms with Gasteiger partial charge < -0.3 is 4.90 Å². The lowest BCUT2D eigenvalue weighted by Gasteiger charge is -2.32. The van der Waals surface area contributed by atoms with Gasteiger partial charge in [-0.1, -0.05) is 191 Å². The maximum absolute atomic E-state index is 2.53. The Kier molecular flexibility index (Phi) is 10.9. The molecule has 0 spiro atoms. The predicted molar refractivity (Wildman–Crippen MR) is 258 cm³/mol. The van der Waals surface area contributed by atoms with Gasteiger partial charge in [-0.15, -0.1) is 0 Å². The number of nitrogens with zero attached hydrogens (tertiary/aromatic N) is 1. The molecule has 0 N–H and O–H groups in total. The van der Waals surface area contributed by atoms with Gasteiger partial charge in [-0.2, -0.15) is 0 Å². The summed E-state index contributed by atoms with van der Waals surface area (Å²) in [6.45, 7) is 9.48. The summed E-state index contributed by atoms with van der Waals surface area (Å²) >= 11 is 0. The summed E-state index contributed by atoms with van der Waals surface area (Å²) in [7, 11) is 0. The Balaban J connectivity index is 1.15. The summed E-state index contributed by atoms with van der Waals surface area (Å²) in [4.78, 5) is 2.53. The van der Waals surface area contributed by atoms with E-state index in [1.54, 1.807) is 0 Å². The van der Waals surface area contributed by atoms with Crippen LogP contribution in [0.4, 0.5) is 11.4 Å². The van der Waals surface area contributed by atoms with E-state index in [2.05, 4.69) is 233 Å². The fourth-order valence-corrected chi connectivity index (χ4v) is 9.40. The molecule has 0 heterocycles. The molecule has 0 bridgehead atoms. The first-order valence-electron chi connectivity index (χ1n) is 21.6. The van der Waals surface area contributed by atoms with E-state index in [9.17, 15) is 0 Å². The van der Waals surface area contributed by atoms with Gasteiger partial charge in [0.2, 0.25) is 0 Å². The van der Waals surface area contributed by atoms with E-state index in [1.165, 1.54) is 89.3 Å². The van der Waals surface area contributed by atoms with Crippen LogP contribution in [0.3, 0.4) is 0 Å². The van der Waals surface area contributed by atoms with Crippen LogP contribution in [-0.4, -0.2) is 0 Å². The highest BCUT2D eigenvalue weighted by atomic mass is 15.2. The van der Waals surface area contributed by atoms with Gasteiger partial charge in [-0.05, 0) is 135 Å². The van der Waals surface area contributed by atoms with Crippen molar-refractivity contribution < 1.29 is 0 Å². The molecule has 0 aromatic heterocycles. The molecule has 7 aromatic rings. The van der Waals surface area contributed by atoms with Crippen LogP contribution in [0.5, 0.6) is 0 Å². The van der Waals surface area contributed by atoms with E-state index < -0.39 is 0 Å². The van der Waals surface area contributed by atoms with E-state index in [-0.39, 0.29) is 5.41 Å². The fourth-order valence-electron chi connectivity index (χ4n) is 9.40. The Morgan fingerprint density at radius 2 is 1.15 bits per heavy atom. The maximum atomic E-state index is 2.53. The molecule has 0 unspecified atom stereocenters. The molecule has 0 saturated carbocycles. The zero-order chi connectivity index (χ0) is 41.1. The molecule has 0 atom stereocenters. The van der Waals surface area contributed by atoms with Crippen LogP contribution >= 0.6 is 0 Å². The van der Waals surface area contributed by atoms with Crippen molar-refractivity contribution >= 4 is 22.5 Å². The highest BCUT2D eigenvalue weighted by Gasteiger charge is 2.36. The topological polar surface area (TPSA) is 3.24 Å². The first-order chi connectivity index (χ1) is 29.4. The number of fused-ring (bicyclic) bond motifs is 1. The van der Waals surface area contributed by atoms with E-state index in [0.29, 0.717) is 0 Å². The van der Waals surface area contributed by atoms with Crippen LogP contribution in [0.15, 0.2) is 211 Å². The fraction of sp³-hybridized carbons (Fsp3) is 0.153. The summed E-state index contributed by atoms with van der Waals surface area (Å²) in [5.74, 6) is 0. The minimum absolute atomic E-state index is 0.215. The Bertz CT molecular complexity index is 2760. The van der Waals surface area contributed by atoms with Crippen molar-refractivity contribution in [1.29, 1.82) is 0 Å². The SMILES string of the molecule is CCCC(=CC1=C(C)c2ccc(-c3ccc(-c4ccccc4)cc3C3=CC=CCC3)cc2C1(C)C)N(c1ccc(-c2ccccc2)cc1)c1ccccc1-c1ccccc1. The first-order valence-corrected chi connectivity index (χ1v) is 21.6. The average Bonchev–Trinajstić information content (AvgIpc) is 3.50. The maximum Gasteiger partial charge on any atom is 0.0536 e. The zero-order valence-corrected chi connectivity index (χ0v) is 35.3. The minimum Gasteiger partial charge on any atom is -0.314 e. The van der Waals surface area contributed by atoms with Crippen molar-refractivity contribution in [2.45, 2.75) is 58.8 Å². The lowest BCUT2D eigenvalue weighted by molar-refractivity contribution is 0.651. The smallest absolute Gasteiger partial charge is 0.0536 e. The van der Waals surface area contributed by atoms with Crippen molar-refractivity contribution in [3.05, 3.63) is 228 Å². The second-order valence-corrected chi connectivity index (χ2v) is 16.7. The van der Waals surface area contributed by atoms with E-state index >= 15 is 0 Å². The number of benzene rings is 7. The molecule has 0 aliphatic heterocycles. The Hall–Kier alpha value is -6.70. The molecule has 0 radical (unpaired) electrons. The highest BCUT2D eigenvalue weighted by Crippen LogP contribution is 2.50. The number of hydrogen-bond acceptors (Lipinski definition) is 1. The van der Waals surface area contributed by atoms with Gasteiger partial charge in [-0.3, -0.25) is 0 Å². The van der Waals surface area contributed by atoms with Crippen molar-refractivity contribution in [1.82, 2.24) is 0 Å². The number of para-hydroxylation sites is 1. The van der Waals surface area contributed by atoms with Crippen LogP contribution in [-0.2, 0) is 5.41 Å². The summed E-state index contributed by atoms with van der Waals surface area (Å²) in [6.07, 6.45) is 13.4. The van der Waals surface area contributed by atoms with Crippen LogP contribution < -0.4 is 4.90 Å². The number of rotatable bonds is 11. The molecule has 1 nitrogen and oxygen atoms in total. The number of anilines is 2. The van der Waals surface area contributed by atoms with Gasteiger partial charge >= 0.3 is 0 Å². The van der Waals surface area contributed by atoms with E-state index in [1.807, 2.05) is 0 Å². The zero-order valence-electron chi connectivity index (χ0n) is 35.3. The standard InChI is InChI=1S/C59H53N/c1-5-20-51(60(50-35-31-45(32-36-50)43-21-10-6-11-22-43)58-30-19-18-29-54(58)46-25-14-8-15-26-46)41-56-42(2)52-37-34-49(40-57(52)59(56,3)4)53-38-33-48(44-23-12-7-13-24-44)39-55(53)47-27-16-9-17-28-47/h6-16,18-19,21-27,29-41H,5,17,20,28H2,1-4H3. The van der Waals surface area contributed by atoms with E-state index in [4.69, 9.17) is 0 Å². The molecular weight excluding hydrogens is 723 g/mol. The average molecular weight is 776 g/mol. The van der Waals surface area contributed by atoms with Crippen LogP contribution in [0.1, 0.15) is 70.1 Å². The van der Waals surface area contributed by atoms with Crippen LogP contribution in [0.25, 0.3) is 55.7 Å². The van der Waals surface area contributed by atoms with Crippen LogP contribution in [0, 0.1) is 0 Å². The molecular formula is C59H53N. The molecule has 0 saturated heterocycles. The van der Waals surface area contributed by atoms with Crippen LogP contribution in [0.2, 0.25) is 0 Å². The number of hydrogen-bond donors (Lipinski definition) is 0. The second kappa shape index (κ2) is 16.9. The van der Waals surface area contributed by atoms with Crippen molar-refractivity contribution in [2.24, 2.45) is 0 Å². The minimum atomic E-state index is -0.215. The Morgan fingerprint density at radius 1 is 0.567 bits per heavy atom. The van der Waals surface area contributed by atoms with Crippen molar-refractivity contribution in [3.63, 3.8) is 0 Å². The van der Waals surface area contributed by atoms with Gasteiger partial charge in [0.25, 0.3) is 0 Å². The number of allylic oxidation sites excluding steroid dienone is 8. The molecule has 9 rings (SSSR count). The third-order valence-corrected chi connectivity index (χ3v) is 12.5. The third-order valence-electron chi connectivity index (χ3n) is 12.5. The first kappa shape index (κ1) is 38.8. The molecule has 2 aliphatic rings. The normalized spacial score (nSPS) is 14.5. The quantitative estimate of drug-likeness (QED) is 0.126. The van der Waals surface area contributed by atoms with Gasteiger partial charge in [-0.25, -0.2) is 0 Å². The monoisotopic (exact) mass is 775 g/mol. The molecule has 1 heteroatoms. The highest BCUT2D eigenvalue weighted by molar-refractivity contribution is 5.90. The van der Waals surface area contributed by atoms with Crippen molar-refractivity contribution in [2.75, 3.05) is 4.90 Å². The summed E-state index contributed by atoms with van der Waals surface area (Å²) < 4.78 is 0. The predicted octanol–water partition coefficient (Wildman–Crippen LogP) is 16.7. The summed E-state index contributed by atoms with van der Waals surface area (Å²) in [6, 6.07) is 64.6. The molecule has 0 fully saturated rings. The Morgan fingerprint density at radius 3 is 1.82 bits per heavy atom. The Labute approximate surface area is 357 Å². The third kappa shape index (κ3) is 7.53. The lowest BCUT2D eigenvalue weighted by atomic mass is 9.79. The summed E-state index contributed by atoms with van der Waals surface area (Å²) in [5.41, 5.74) is 21.6. The lowest BCUT2D eigenvalue weighted by Crippen LogP contribution is -2.21. The van der Waals surface area contributed by atoms with E-state index in [0.717, 1.165) is 31.4 Å². The van der Waals surface area contributed by atoms with Gasteiger partial charge in [0.1, 0.15) is 0 Å². The van der Waals surface area contributed by atoms with Gasteiger partial charge in [0.15, 0.2) is 0 Å². The van der Waals surface area contributed by atoms with Gasteiger partial charge in [0, 0.05) is 22.4 Å².